The smallest absolute Gasteiger partial charge is 0.230 e. The van der Waals surface area contributed by atoms with E-state index < -0.39 is 0 Å². The Kier molecular flexibility index (Phi) is 5.87. The highest BCUT2D eigenvalue weighted by Gasteiger charge is 2.13. The summed E-state index contributed by atoms with van der Waals surface area (Å²) < 4.78 is 10.9. The lowest BCUT2D eigenvalue weighted by atomic mass is 10.1. The number of methoxy groups -OCH3 is 1. The number of benzene rings is 1. The first-order valence-corrected chi connectivity index (χ1v) is 9.14. The number of hydrogen-bond donors (Lipinski definition) is 2. The van der Waals surface area contributed by atoms with Gasteiger partial charge in [0.05, 0.1) is 20.1 Å². The van der Waals surface area contributed by atoms with Crippen LogP contribution in [0.3, 0.4) is 0 Å². The third kappa shape index (κ3) is 4.95. The first-order valence-electron chi connectivity index (χ1n) is 8.26. The van der Waals surface area contributed by atoms with Crippen molar-refractivity contribution in [2.24, 2.45) is 0 Å². The van der Waals surface area contributed by atoms with Crippen molar-refractivity contribution in [1.29, 1.82) is 0 Å². The zero-order valence-corrected chi connectivity index (χ0v) is 15.8. The fraction of sp³-hybridized carbons (Fsp3) is 0.211. The molecule has 0 fully saturated rings. The molecule has 3 rings (SSSR count). The molecule has 0 aliphatic carbocycles. The Balaban J connectivity index is 1.62. The molecule has 3 aromatic rings. The Morgan fingerprint density at radius 1 is 1.22 bits per heavy atom. The predicted molar refractivity (Wildman–Crippen MR) is 103 cm³/mol. The van der Waals surface area contributed by atoms with Crippen molar-refractivity contribution < 1.29 is 18.7 Å². The minimum atomic E-state index is -0.175. The molecule has 2 aromatic heterocycles. The van der Waals surface area contributed by atoms with Gasteiger partial charge in [-0.05, 0) is 18.2 Å². The molecule has 0 unspecified atom stereocenters. The maximum atomic E-state index is 12.3. The topological polar surface area (TPSA) is 93.5 Å². The van der Waals surface area contributed by atoms with E-state index in [-0.39, 0.29) is 18.2 Å². The number of ether oxygens (including phenoxy) is 1. The van der Waals surface area contributed by atoms with Crippen LogP contribution in [0.5, 0.6) is 5.75 Å². The summed E-state index contributed by atoms with van der Waals surface area (Å²) in [4.78, 5) is 27.6. The molecule has 2 N–H and O–H groups in total. The SMILES string of the molecule is COc1ccccc1CC(=O)Nc1nc(-c2ccc(CNC(C)=O)o2)cs1. The normalized spacial score (nSPS) is 10.4. The van der Waals surface area contributed by atoms with Gasteiger partial charge >= 0.3 is 0 Å². The van der Waals surface area contributed by atoms with Crippen molar-refractivity contribution in [3.05, 3.63) is 53.1 Å². The van der Waals surface area contributed by atoms with Gasteiger partial charge in [0.15, 0.2) is 10.9 Å². The van der Waals surface area contributed by atoms with E-state index in [2.05, 4.69) is 15.6 Å². The Morgan fingerprint density at radius 3 is 2.81 bits per heavy atom. The Morgan fingerprint density at radius 2 is 2.04 bits per heavy atom. The third-order valence-electron chi connectivity index (χ3n) is 3.72. The first-order chi connectivity index (χ1) is 13.0. The number of nitrogens with zero attached hydrogens (tertiary/aromatic N) is 1. The summed E-state index contributed by atoms with van der Waals surface area (Å²) in [5.41, 5.74) is 1.43. The molecule has 0 spiro atoms. The van der Waals surface area contributed by atoms with Crippen molar-refractivity contribution in [2.45, 2.75) is 19.9 Å². The van der Waals surface area contributed by atoms with E-state index in [1.54, 1.807) is 24.6 Å². The van der Waals surface area contributed by atoms with Crippen molar-refractivity contribution in [2.75, 3.05) is 12.4 Å². The summed E-state index contributed by atoms with van der Waals surface area (Å²) in [6.45, 7) is 1.77. The van der Waals surface area contributed by atoms with Gasteiger partial charge in [-0.25, -0.2) is 4.98 Å². The highest BCUT2D eigenvalue weighted by molar-refractivity contribution is 7.14. The number of hydrogen-bond acceptors (Lipinski definition) is 6. The summed E-state index contributed by atoms with van der Waals surface area (Å²) in [6.07, 6.45) is 0.195. The summed E-state index contributed by atoms with van der Waals surface area (Å²) in [7, 11) is 1.58. The lowest BCUT2D eigenvalue weighted by Crippen LogP contribution is -2.18. The lowest BCUT2D eigenvalue weighted by Gasteiger charge is -2.07. The summed E-state index contributed by atoms with van der Waals surface area (Å²) in [5.74, 6) is 1.59. The number of para-hydroxylation sites is 1. The minimum absolute atomic E-state index is 0.123. The van der Waals surface area contributed by atoms with Crippen LogP contribution in [0.4, 0.5) is 5.13 Å². The van der Waals surface area contributed by atoms with Gasteiger partial charge in [0.25, 0.3) is 0 Å². The maximum Gasteiger partial charge on any atom is 0.230 e. The molecule has 0 aliphatic rings. The summed E-state index contributed by atoms with van der Waals surface area (Å²) >= 11 is 1.32. The van der Waals surface area contributed by atoms with Gasteiger partial charge in [0, 0.05) is 17.9 Å². The van der Waals surface area contributed by atoms with Crippen LogP contribution in [0.2, 0.25) is 0 Å². The second-order valence-electron chi connectivity index (χ2n) is 5.75. The van der Waals surface area contributed by atoms with Gasteiger partial charge in [-0.15, -0.1) is 11.3 Å². The molecule has 0 aliphatic heterocycles. The van der Waals surface area contributed by atoms with Gasteiger partial charge in [0.2, 0.25) is 11.8 Å². The molecule has 0 saturated heterocycles. The van der Waals surface area contributed by atoms with E-state index in [9.17, 15) is 9.59 Å². The quantitative estimate of drug-likeness (QED) is 0.651. The van der Waals surface area contributed by atoms with Crippen molar-refractivity contribution in [3.63, 3.8) is 0 Å². The van der Waals surface area contributed by atoms with Crippen molar-refractivity contribution >= 4 is 28.3 Å². The standard InChI is InChI=1S/C19H19N3O4S/c1-12(23)20-10-14-7-8-17(26-14)15-11-27-19(21-15)22-18(24)9-13-5-3-4-6-16(13)25-2/h3-8,11H,9-10H2,1-2H3,(H,20,23)(H,21,22,24). The third-order valence-corrected chi connectivity index (χ3v) is 4.48. The van der Waals surface area contributed by atoms with Crippen LogP contribution in [0.1, 0.15) is 18.2 Å². The number of anilines is 1. The van der Waals surface area contributed by atoms with Crippen LogP contribution in [-0.4, -0.2) is 23.9 Å². The van der Waals surface area contributed by atoms with Crippen molar-refractivity contribution in [3.8, 4) is 17.2 Å². The van der Waals surface area contributed by atoms with Gasteiger partial charge in [-0.1, -0.05) is 18.2 Å². The first kappa shape index (κ1) is 18.7. The second-order valence-corrected chi connectivity index (χ2v) is 6.61. The zero-order valence-electron chi connectivity index (χ0n) is 14.9. The van der Waals surface area contributed by atoms with Crippen LogP contribution in [0.25, 0.3) is 11.5 Å². The molecule has 0 saturated carbocycles. The number of carbonyl (C=O) groups is 2. The molecule has 0 atom stereocenters. The Labute approximate surface area is 160 Å². The lowest BCUT2D eigenvalue weighted by molar-refractivity contribution is -0.119. The monoisotopic (exact) mass is 385 g/mol. The number of carbonyl (C=O) groups excluding carboxylic acids is 2. The molecule has 0 bridgehead atoms. The number of furan rings is 1. The zero-order chi connectivity index (χ0) is 19.2. The van der Waals surface area contributed by atoms with Crippen LogP contribution >= 0.6 is 11.3 Å². The molecule has 2 amide bonds. The van der Waals surface area contributed by atoms with E-state index in [1.165, 1.54) is 18.3 Å². The Hall–Kier alpha value is -3.13. The largest absolute Gasteiger partial charge is 0.496 e. The maximum absolute atomic E-state index is 12.3. The fourth-order valence-electron chi connectivity index (χ4n) is 2.45. The average molecular weight is 385 g/mol. The van der Waals surface area contributed by atoms with Crippen LogP contribution < -0.4 is 15.4 Å². The molecular formula is C19H19N3O4S. The van der Waals surface area contributed by atoms with Gasteiger partial charge < -0.3 is 19.8 Å². The molecular weight excluding hydrogens is 366 g/mol. The molecule has 2 heterocycles. The van der Waals surface area contributed by atoms with Gasteiger partial charge in [0.1, 0.15) is 17.2 Å². The summed E-state index contributed by atoms with van der Waals surface area (Å²) in [6, 6.07) is 11.0. The number of nitrogens with one attached hydrogen (secondary N) is 2. The van der Waals surface area contributed by atoms with Crippen LogP contribution in [-0.2, 0) is 22.6 Å². The Bertz CT molecular complexity index is 948. The van der Waals surface area contributed by atoms with E-state index in [0.29, 0.717) is 34.6 Å². The van der Waals surface area contributed by atoms with E-state index >= 15 is 0 Å². The van der Waals surface area contributed by atoms with Gasteiger partial charge in [-0.2, -0.15) is 0 Å². The second kappa shape index (κ2) is 8.50. The molecule has 8 heteroatoms. The number of rotatable bonds is 7. The predicted octanol–water partition coefficient (Wildman–Crippen LogP) is 3.23. The van der Waals surface area contributed by atoms with Crippen LogP contribution in [0.15, 0.2) is 46.2 Å². The van der Waals surface area contributed by atoms with Crippen LogP contribution in [0, 0.1) is 0 Å². The molecule has 140 valence electrons. The van der Waals surface area contributed by atoms with Crippen molar-refractivity contribution in [1.82, 2.24) is 10.3 Å². The highest BCUT2D eigenvalue weighted by atomic mass is 32.1. The highest BCUT2D eigenvalue weighted by Crippen LogP contribution is 2.27. The number of aromatic nitrogens is 1. The minimum Gasteiger partial charge on any atom is -0.496 e. The fourth-order valence-corrected chi connectivity index (χ4v) is 3.17. The van der Waals surface area contributed by atoms with E-state index in [4.69, 9.17) is 9.15 Å². The summed E-state index contributed by atoms with van der Waals surface area (Å²) in [5, 5.41) is 7.76. The molecule has 1 aromatic carbocycles. The molecule has 0 radical (unpaired) electrons. The molecule has 27 heavy (non-hydrogen) atoms. The number of thiazole rings is 1. The van der Waals surface area contributed by atoms with E-state index in [0.717, 1.165) is 5.56 Å². The number of amides is 2. The van der Waals surface area contributed by atoms with Gasteiger partial charge in [-0.3, -0.25) is 9.59 Å². The average Bonchev–Trinajstić information content (AvgIpc) is 3.29. The molecule has 7 nitrogen and oxygen atoms in total. The van der Waals surface area contributed by atoms with E-state index in [1.807, 2.05) is 24.3 Å².